The number of hydrogen-bond acceptors (Lipinski definition) is 14. The van der Waals surface area contributed by atoms with Gasteiger partial charge in [-0.25, -0.2) is 15.0 Å². The lowest BCUT2D eigenvalue weighted by Gasteiger charge is -2.36. The van der Waals surface area contributed by atoms with Gasteiger partial charge < -0.3 is 34.8 Å². The normalized spacial score (nSPS) is 17.7. The SMILES string of the molecule is Cc1ncsc1-c1ccc([C@H](C)NC(=O)[C@@H]2C[C@@H](O)CN2C(=O)[C@@H](c2cc(-c3cnc(N4CCN(c5ccc6nnc(-c7ccccc7O)cc6c5)CC4)nc3)no2)C(C)C)cc1. The molecule has 2 aliphatic rings. The van der Waals surface area contributed by atoms with Gasteiger partial charge >= 0.3 is 0 Å². The Morgan fingerprint density at radius 1 is 0.857 bits per heavy atom. The largest absolute Gasteiger partial charge is 0.507 e. The van der Waals surface area contributed by atoms with Gasteiger partial charge in [-0.2, -0.15) is 0 Å². The number of β-amino-alcohol motifs (C(OH)–C–C–N with tert-alkyl or cyclic N) is 1. The Morgan fingerprint density at radius 3 is 2.32 bits per heavy atom. The molecular formula is C47H48N10O5S. The maximum Gasteiger partial charge on any atom is 0.243 e. The van der Waals surface area contributed by atoms with E-state index in [4.69, 9.17) is 4.52 Å². The molecule has 0 bridgehead atoms. The van der Waals surface area contributed by atoms with E-state index in [9.17, 15) is 19.8 Å². The number of aliphatic hydroxyl groups excluding tert-OH is 1. The van der Waals surface area contributed by atoms with Crippen molar-refractivity contribution in [2.24, 2.45) is 5.92 Å². The van der Waals surface area contributed by atoms with Gasteiger partial charge in [0.05, 0.1) is 39.4 Å². The van der Waals surface area contributed by atoms with Crippen LogP contribution in [0.15, 0.2) is 101 Å². The summed E-state index contributed by atoms with van der Waals surface area (Å²) in [5.74, 6) is -0.423. The smallest absolute Gasteiger partial charge is 0.243 e. The minimum Gasteiger partial charge on any atom is -0.507 e. The first-order chi connectivity index (χ1) is 30.5. The lowest BCUT2D eigenvalue weighted by atomic mass is 9.91. The van der Waals surface area contributed by atoms with Crippen LogP contribution in [0.25, 0.3) is 43.9 Å². The molecule has 0 radical (unpaired) electrons. The monoisotopic (exact) mass is 864 g/mol. The molecule has 63 heavy (non-hydrogen) atoms. The minimum absolute atomic E-state index is 0.0428. The number of para-hydroxylation sites is 1. The number of carbonyl (C=O) groups is 2. The van der Waals surface area contributed by atoms with Crippen LogP contribution in [0.2, 0.25) is 0 Å². The van der Waals surface area contributed by atoms with Crippen molar-refractivity contribution >= 4 is 45.7 Å². The Labute approximate surface area is 368 Å². The van der Waals surface area contributed by atoms with Gasteiger partial charge in [-0.1, -0.05) is 55.4 Å². The molecule has 2 amide bonds. The summed E-state index contributed by atoms with van der Waals surface area (Å²) in [5, 5.41) is 38.1. The second-order valence-corrected chi connectivity index (χ2v) is 17.4. The maximum atomic E-state index is 14.3. The minimum atomic E-state index is -0.840. The van der Waals surface area contributed by atoms with Gasteiger partial charge in [0.15, 0.2) is 0 Å². The van der Waals surface area contributed by atoms with Crippen LogP contribution < -0.4 is 15.1 Å². The Kier molecular flexibility index (Phi) is 11.6. The number of carbonyl (C=O) groups excluding carboxylic acids is 2. The van der Waals surface area contributed by atoms with E-state index in [1.165, 1.54) is 4.90 Å². The van der Waals surface area contributed by atoms with Gasteiger partial charge in [-0.05, 0) is 67.3 Å². The molecule has 322 valence electrons. The number of fused-ring (bicyclic) bond motifs is 1. The third kappa shape index (κ3) is 8.55. The van der Waals surface area contributed by atoms with E-state index < -0.39 is 18.1 Å². The lowest BCUT2D eigenvalue weighted by molar-refractivity contribution is -0.141. The van der Waals surface area contributed by atoms with E-state index in [-0.39, 0.29) is 42.5 Å². The summed E-state index contributed by atoms with van der Waals surface area (Å²) in [4.78, 5) is 48.8. The van der Waals surface area contributed by atoms with Crippen molar-refractivity contribution in [1.82, 2.24) is 40.5 Å². The third-order valence-electron chi connectivity index (χ3n) is 12.0. The summed E-state index contributed by atoms with van der Waals surface area (Å²) in [7, 11) is 0. The number of phenols is 1. The number of nitrogens with one attached hydrogen (secondary N) is 1. The average Bonchev–Trinajstić information content (AvgIpc) is 4.06. The molecular weight excluding hydrogens is 817 g/mol. The highest BCUT2D eigenvalue weighted by molar-refractivity contribution is 7.13. The van der Waals surface area contributed by atoms with Gasteiger partial charge in [0.1, 0.15) is 29.2 Å². The molecule has 0 spiro atoms. The van der Waals surface area contributed by atoms with Crippen LogP contribution in [-0.4, -0.2) is 102 Å². The zero-order valence-corrected chi connectivity index (χ0v) is 36.2. The van der Waals surface area contributed by atoms with Crippen LogP contribution >= 0.6 is 11.3 Å². The average molecular weight is 865 g/mol. The highest BCUT2D eigenvalue weighted by Gasteiger charge is 2.43. The summed E-state index contributed by atoms with van der Waals surface area (Å²) in [6, 6.07) is 23.8. The molecule has 3 N–H and O–H groups in total. The van der Waals surface area contributed by atoms with E-state index in [1.807, 2.05) is 81.7 Å². The molecule has 2 fully saturated rings. The molecule has 6 heterocycles. The number of anilines is 2. The Morgan fingerprint density at radius 2 is 1.60 bits per heavy atom. The van der Waals surface area contributed by atoms with Gasteiger partial charge in [-0.3, -0.25) is 9.59 Å². The number of benzene rings is 3. The van der Waals surface area contributed by atoms with Gasteiger partial charge in [0, 0.05) is 79.8 Å². The van der Waals surface area contributed by atoms with Gasteiger partial charge in [-0.15, -0.1) is 21.5 Å². The van der Waals surface area contributed by atoms with E-state index >= 15 is 0 Å². The summed E-state index contributed by atoms with van der Waals surface area (Å²) in [6.45, 7) is 10.7. The first kappa shape index (κ1) is 41.6. The van der Waals surface area contributed by atoms with E-state index in [2.05, 4.69) is 57.6 Å². The number of aromatic nitrogens is 6. The van der Waals surface area contributed by atoms with Crippen molar-refractivity contribution in [3.05, 3.63) is 114 Å². The number of aliphatic hydroxyl groups is 1. The molecule has 4 aromatic heterocycles. The van der Waals surface area contributed by atoms with Crippen molar-refractivity contribution in [3.8, 4) is 38.7 Å². The van der Waals surface area contributed by atoms with Crippen LogP contribution in [0.3, 0.4) is 0 Å². The predicted octanol–water partition coefficient (Wildman–Crippen LogP) is 6.78. The summed E-state index contributed by atoms with van der Waals surface area (Å²) in [5.41, 5.74) is 9.03. The molecule has 0 unspecified atom stereocenters. The van der Waals surface area contributed by atoms with Crippen LogP contribution in [-0.2, 0) is 9.59 Å². The van der Waals surface area contributed by atoms with Gasteiger partial charge in [0.25, 0.3) is 0 Å². The molecule has 0 saturated carbocycles. The fourth-order valence-corrected chi connectivity index (χ4v) is 9.33. The highest BCUT2D eigenvalue weighted by atomic mass is 32.1. The number of nitrogens with zero attached hydrogens (tertiary/aromatic N) is 9. The highest BCUT2D eigenvalue weighted by Crippen LogP contribution is 2.35. The number of thiazole rings is 1. The number of amides is 2. The van der Waals surface area contributed by atoms with Gasteiger partial charge in [0.2, 0.25) is 17.8 Å². The Hall–Kier alpha value is -6.78. The van der Waals surface area contributed by atoms with E-state index in [0.717, 1.165) is 51.4 Å². The van der Waals surface area contributed by atoms with E-state index in [1.54, 1.807) is 41.9 Å². The second kappa shape index (κ2) is 17.5. The summed E-state index contributed by atoms with van der Waals surface area (Å²) >= 11 is 1.59. The van der Waals surface area contributed by atoms with E-state index in [0.29, 0.717) is 47.3 Å². The van der Waals surface area contributed by atoms with Crippen LogP contribution in [0.5, 0.6) is 5.75 Å². The molecule has 4 atom stereocenters. The first-order valence-corrected chi connectivity index (χ1v) is 22.0. The predicted molar refractivity (Wildman–Crippen MR) is 241 cm³/mol. The van der Waals surface area contributed by atoms with Crippen molar-refractivity contribution in [3.63, 3.8) is 0 Å². The molecule has 3 aromatic carbocycles. The van der Waals surface area contributed by atoms with Crippen molar-refractivity contribution in [2.75, 3.05) is 42.5 Å². The molecule has 16 heteroatoms. The molecule has 9 rings (SSSR count). The fourth-order valence-electron chi connectivity index (χ4n) is 8.52. The number of phenolic OH excluding ortho intramolecular Hbond substituents is 1. The maximum absolute atomic E-state index is 14.3. The Bertz CT molecular complexity index is 2750. The van der Waals surface area contributed by atoms with Crippen LogP contribution in [0, 0.1) is 12.8 Å². The third-order valence-corrected chi connectivity index (χ3v) is 13.0. The van der Waals surface area contributed by atoms with Crippen LogP contribution in [0.4, 0.5) is 11.6 Å². The number of aromatic hydroxyl groups is 1. The standard InChI is InChI=1S/C47H48N10O5S/c1-27(2)43(46(61)57-25-35(58)21-40(57)45(60)51-28(3)30-9-11-31(12-10-30)44-29(4)50-26-63-44)42-22-38(54-62-42)33-23-48-47(49-24-33)56-17-15-55(16-18-56)34-13-14-37-32(19-34)20-39(53-52-37)36-7-5-6-8-41(36)59/h5-14,19-20,22-24,26-28,35,40,43,58-59H,15-18,21,25H2,1-4H3,(H,51,60)/t28-,35+,40-,43+/m0/s1. The van der Waals surface area contributed by atoms with Crippen molar-refractivity contribution < 1.29 is 24.3 Å². The van der Waals surface area contributed by atoms with Crippen molar-refractivity contribution in [1.29, 1.82) is 0 Å². The molecule has 2 saturated heterocycles. The first-order valence-electron chi connectivity index (χ1n) is 21.1. The quantitative estimate of drug-likeness (QED) is 0.124. The summed E-state index contributed by atoms with van der Waals surface area (Å²) < 4.78 is 5.82. The molecule has 7 aromatic rings. The number of likely N-dealkylation sites (tertiary alicyclic amines) is 1. The second-order valence-electron chi connectivity index (χ2n) is 16.6. The summed E-state index contributed by atoms with van der Waals surface area (Å²) in [6.07, 6.45) is 2.72. The van der Waals surface area contributed by atoms with Crippen LogP contribution in [0.1, 0.15) is 56.2 Å². The molecule has 0 aliphatic carbocycles. The Balaban J connectivity index is 0.828. The number of aryl methyl sites for hydroxylation is 1. The van der Waals surface area contributed by atoms with Crippen molar-refractivity contribution in [2.45, 2.75) is 58.2 Å². The molecule has 2 aliphatic heterocycles. The lowest BCUT2D eigenvalue weighted by Crippen LogP contribution is -2.48. The number of hydrogen-bond donors (Lipinski definition) is 3. The topological polar surface area (TPSA) is 187 Å². The fraction of sp³-hybridized carbons (Fsp3) is 0.319. The zero-order valence-electron chi connectivity index (χ0n) is 35.4. The zero-order chi connectivity index (χ0) is 43.8. The molecule has 15 nitrogen and oxygen atoms in total. The number of rotatable bonds is 11. The number of piperazine rings is 1.